The van der Waals surface area contributed by atoms with Gasteiger partial charge in [0.05, 0.1) is 37.6 Å². The van der Waals surface area contributed by atoms with Gasteiger partial charge >= 0.3 is 17.9 Å². The maximum Gasteiger partial charge on any atom is 0.310 e. The van der Waals surface area contributed by atoms with Crippen LogP contribution in [0.4, 0.5) is 0 Å². The number of hydrogen-bond donors (Lipinski definition) is 0. The van der Waals surface area contributed by atoms with Gasteiger partial charge in [-0.1, -0.05) is 85.0 Å². The summed E-state index contributed by atoms with van der Waals surface area (Å²) in [7, 11) is 0. The SMILES string of the molecule is CCCCCCOC(=O)C1CCCC(C(=O)OCCCCCC)C1C(=O)OCCCCCC. The predicted octanol–water partition coefficient (Wildman–Crippen LogP) is 6.39. The molecule has 0 bridgehead atoms. The zero-order valence-electron chi connectivity index (χ0n) is 21.4. The first kappa shape index (κ1) is 29.4. The minimum atomic E-state index is -0.809. The summed E-state index contributed by atoms with van der Waals surface area (Å²) in [5.41, 5.74) is 0. The molecule has 0 heterocycles. The summed E-state index contributed by atoms with van der Waals surface area (Å²) in [5, 5.41) is 0. The van der Waals surface area contributed by atoms with Gasteiger partial charge in [0.15, 0.2) is 0 Å². The van der Waals surface area contributed by atoms with Crippen LogP contribution in [0.25, 0.3) is 0 Å². The van der Waals surface area contributed by atoms with Crippen LogP contribution in [0, 0.1) is 17.8 Å². The Hall–Kier alpha value is -1.59. The molecule has 0 aromatic heterocycles. The highest BCUT2D eigenvalue weighted by Gasteiger charge is 2.47. The Morgan fingerprint density at radius 1 is 0.545 bits per heavy atom. The molecule has 1 rings (SSSR count). The van der Waals surface area contributed by atoms with Crippen LogP contribution < -0.4 is 0 Å². The van der Waals surface area contributed by atoms with Crippen LogP contribution in [-0.2, 0) is 28.6 Å². The molecule has 1 aliphatic carbocycles. The molecule has 6 nitrogen and oxygen atoms in total. The molecule has 0 N–H and O–H groups in total. The van der Waals surface area contributed by atoms with Crippen molar-refractivity contribution in [2.45, 2.75) is 117 Å². The van der Waals surface area contributed by atoms with E-state index in [2.05, 4.69) is 20.8 Å². The summed E-state index contributed by atoms with van der Waals surface area (Å²) in [5.74, 6) is -3.28. The average molecular weight is 469 g/mol. The van der Waals surface area contributed by atoms with E-state index in [0.29, 0.717) is 39.1 Å². The number of esters is 3. The quantitative estimate of drug-likeness (QED) is 0.132. The normalized spacial score (nSPS) is 20.3. The highest BCUT2D eigenvalue weighted by Crippen LogP contribution is 2.37. The topological polar surface area (TPSA) is 78.9 Å². The first-order chi connectivity index (χ1) is 16.1. The summed E-state index contributed by atoms with van der Waals surface area (Å²) in [4.78, 5) is 38.8. The van der Waals surface area contributed by atoms with Crippen molar-refractivity contribution in [3.8, 4) is 0 Å². The molecule has 0 amide bonds. The predicted molar refractivity (Wildman–Crippen MR) is 130 cm³/mol. The first-order valence-electron chi connectivity index (χ1n) is 13.6. The number of carbonyl (C=O) groups is 3. The zero-order chi connectivity index (χ0) is 24.3. The fraction of sp³-hybridized carbons (Fsp3) is 0.889. The van der Waals surface area contributed by atoms with E-state index in [9.17, 15) is 14.4 Å². The molecule has 33 heavy (non-hydrogen) atoms. The number of rotatable bonds is 18. The van der Waals surface area contributed by atoms with Crippen molar-refractivity contribution < 1.29 is 28.6 Å². The fourth-order valence-electron chi connectivity index (χ4n) is 4.47. The van der Waals surface area contributed by atoms with E-state index in [-0.39, 0.29) is 11.9 Å². The van der Waals surface area contributed by atoms with Gasteiger partial charge in [0, 0.05) is 0 Å². The van der Waals surface area contributed by atoms with E-state index < -0.39 is 23.7 Å². The Balaban J connectivity index is 2.75. The maximum absolute atomic E-state index is 13.1. The smallest absolute Gasteiger partial charge is 0.310 e. The summed E-state index contributed by atoms with van der Waals surface area (Å²) in [6.45, 7) is 7.45. The molecule has 1 saturated carbocycles. The molecule has 0 radical (unpaired) electrons. The van der Waals surface area contributed by atoms with Gasteiger partial charge in [0.1, 0.15) is 0 Å². The highest BCUT2D eigenvalue weighted by molar-refractivity contribution is 5.87. The third kappa shape index (κ3) is 11.9. The Morgan fingerprint density at radius 2 is 0.909 bits per heavy atom. The van der Waals surface area contributed by atoms with Crippen LogP contribution >= 0.6 is 0 Å². The van der Waals surface area contributed by atoms with E-state index >= 15 is 0 Å². The van der Waals surface area contributed by atoms with Crippen LogP contribution in [0.2, 0.25) is 0 Å². The average Bonchev–Trinajstić information content (AvgIpc) is 2.82. The standard InChI is InChI=1S/C27H48O6/c1-4-7-10-13-19-31-25(28)22-17-16-18-23(26(29)32-20-14-11-8-5-2)24(22)27(30)33-21-15-12-9-6-3/h22-24H,4-21H2,1-3H3. The van der Waals surface area contributed by atoms with Crippen molar-refractivity contribution in [1.82, 2.24) is 0 Å². The molecule has 2 unspecified atom stereocenters. The monoisotopic (exact) mass is 468 g/mol. The lowest BCUT2D eigenvalue weighted by atomic mass is 9.72. The zero-order valence-corrected chi connectivity index (χ0v) is 21.4. The Labute approximate surface area is 201 Å². The molecular weight excluding hydrogens is 420 g/mol. The minimum Gasteiger partial charge on any atom is -0.465 e. The van der Waals surface area contributed by atoms with Gasteiger partial charge < -0.3 is 14.2 Å². The second-order valence-corrected chi connectivity index (χ2v) is 9.35. The van der Waals surface area contributed by atoms with Gasteiger partial charge in [-0.2, -0.15) is 0 Å². The Morgan fingerprint density at radius 3 is 1.27 bits per heavy atom. The van der Waals surface area contributed by atoms with Crippen LogP contribution in [0.3, 0.4) is 0 Å². The van der Waals surface area contributed by atoms with Crippen molar-refractivity contribution in [2.75, 3.05) is 19.8 Å². The summed E-state index contributed by atoms with van der Waals surface area (Å²) >= 11 is 0. The molecular formula is C27H48O6. The molecule has 0 aliphatic heterocycles. The number of hydrogen-bond acceptors (Lipinski definition) is 6. The second-order valence-electron chi connectivity index (χ2n) is 9.35. The van der Waals surface area contributed by atoms with Crippen molar-refractivity contribution in [3.63, 3.8) is 0 Å². The molecule has 6 heteroatoms. The van der Waals surface area contributed by atoms with E-state index in [1.54, 1.807) is 0 Å². The van der Waals surface area contributed by atoms with Gasteiger partial charge in [-0.05, 0) is 32.1 Å². The second kappa shape index (κ2) is 18.8. The molecule has 0 spiro atoms. The minimum absolute atomic E-state index is 0.326. The van der Waals surface area contributed by atoms with Crippen molar-refractivity contribution in [1.29, 1.82) is 0 Å². The van der Waals surface area contributed by atoms with Crippen molar-refractivity contribution in [2.24, 2.45) is 17.8 Å². The lowest BCUT2D eigenvalue weighted by molar-refractivity contribution is -0.172. The van der Waals surface area contributed by atoms with E-state index in [4.69, 9.17) is 14.2 Å². The first-order valence-corrected chi connectivity index (χ1v) is 13.6. The Bertz CT molecular complexity index is 513. The summed E-state index contributed by atoms with van der Waals surface area (Å²) < 4.78 is 16.6. The van der Waals surface area contributed by atoms with E-state index in [0.717, 1.165) is 77.0 Å². The number of carbonyl (C=O) groups excluding carboxylic acids is 3. The van der Waals surface area contributed by atoms with Crippen LogP contribution in [0.1, 0.15) is 117 Å². The van der Waals surface area contributed by atoms with Gasteiger partial charge in [-0.3, -0.25) is 14.4 Å². The molecule has 0 saturated heterocycles. The van der Waals surface area contributed by atoms with Gasteiger partial charge in [0.2, 0.25) is 0 Å². The summed E-state index contributed by atoms with van der Waals surface area (Å²) in [6, 6.07) is 0. The van der Waals surface area contributed by atoms with Crippen molar-refractivity contribution >= 4 is 17.9 Å². The van der Waals surface area contributed by atoms with Gasteiger partial charge in [0.25, 0.3) is 0 Å². The lowest BCUT2D eigenvalue weighted by Gasteiger charge is -2.34. The highest BCUT2D eigenvalue weighted by atomic mass is 16.5. The molecule has 0 aromatic rings. The van der Waals surface area contributed by atoms with Gasteiger partial charge in [-0.15, -0.1) is 0 Å². The fourth-order valence-corrected chi connectivity index (χ4v) is 4.47. The Kier molecular flexibility index (Phi) is 16.8. The van der Waals surface area contributed by atoms with Gasteiger partial charge in [-0.25, -0.2) is 0 Å². The van der Waals surface area contributed by atoms with Crippen LogP contribution in [0.5, 0.6) is 0 Å². The summed E-state index contributed by atoms with van der Waals surface area (Å²) in [6.07, 6.45) is 13.9. The maximum atomic E-state index is 13.1. The van der Waals surface area contributed by atoms with E-state index in [1.807, 2.05) is 0 Å². The number of ether oxygens (including phenoxy) is 3. The largest absolute Gasteiger partial charge is 0.465 e. The van der Waals surface area contributed by atoms with Crippen LogP contribution in [-0.4, -0.2) is 37.7 Å². The third-order valence-corrected chi connectivity index (χ3v) is 6.50. The molecule has 1 aliphatic rings. The number of unbranched alkanes of at least 4 members (excludes halogenated alkanes) is 9. The third-order valence-electron chi connectivity index (χ3n) is 6.50. The molecule has 0 aromatic carbocycles. The molecule has 192 valence electrons. The van der Waals surface area contributed by atoms with E-state index in [1.165, 1.54) is 0 Å². The lowest BCUT2D eigenvalue weighted by Crippen LogP contribution is -2.44. The van der Waals surface area contributed by atoms with Crippen LogP contribution in [0.15, 0.2) is 0 Å². The molecule has 2 atom stereocenters. The van der Waals surface area contributed by atoms with Crippen molar-refractivity contribution in [3.05, 3.63) is 0 Å². The molecule has 1 fully saturated rings.